The standard InChI is InChI=1S/C15H23BrN2O2/c1-10(2)8-18-15(19)9-17-11(3)12-5-6-14(20-4)13(16)7-12/h5-7,10-11,17H,8-9H2,1-4H3,(H,18,19)/t11-/m1/s1. The van der Waals surface area contributed by atoms with Gasteiger partial charge in [0.25, 0.3) is 0 Å². The largest absolute Gasteiger partial charge is 0.496 e. The van der Waals surface area contributed by atoms with Gasteiger partial charge in [-0.05, 0) is 46.5 Å². The Hall–Kier alpha value is -1.07. The lowest BCUT2D eigenvalue weighted by molar-refractivity contribution is -0.120. The first-order chi connectivity index (χ1) is 9.43. The number of halogens is 1. The van der Waals surface area contributed by atoms with Crippen LogP contribution in [0.4, 0.5) is 0 Å². The van der Waals surface area contributed by atoms with Crippen molar-refractivity contribution < 1.29 is 9.53 Å². The molecule has 0 aromatic heterocycles. The number of ether oxygens (including phenoxy) is 1. The maximum Gasteiger partial charge on any atom is 0.233 e. The van der Waals surface area contributed by atoms with Crippen molar-refractivity contribution in [2.75, 3.05) is 20.2 Å². The van der Waals surface area contributed by atoms with Crippen LogP contribution < -0.4 is 15.4 Å². The molecule has 0 aliphatic rings. The van der Waals surface area contributed by atoms with Crippen molar-refractivity contribution in [1.82, 2.24) is 10.6 Å². The molecule has 1 rings (SSSR count). The average molecular weight is 343 g/mol. The molecule has 0 bridgehead atoms. The van der Waals surface area contributed by atoms with Crippen LogP contribution in [0.5, 0.6) is 5.75 Å². The van der Waals surface area contributed by atoms with Crippen LogP contribution >= 0.6 is 15.9 Å². The zero-order valence-electron chi connectivity index (χ0n) is 12.5. The van der Waals surface area contributed by atoms with Crippen LogP contribution in [0.15, 0.2) is 22.7 Å². The molecular formula is C15H23BrN2O2. The normalized spacial score (nSPS) is 12.3. The van der Waals surface area contributed by atoms with Crippen LogP contribution in [0.25, 0.3) is 0 Å². The first-order valence-corrected chi connectivity index (χ1v) is 7.56. The Balaban J connectivity index is 2.48. The number of hydrogen-bond acceptors (Lipinski definition) is 3. The minimum atomic E-state index is 0.0260. The Kier molecular flexibility index (Phi) is 7.02. The number of methoxy groups -OCH3 is 1. The maximum absolute atomic E-state index is 11.6. The van der Waals surface area contributed by atoms with Gasteiger partial charge >= 0.3 is 0 Å². The molecule has 0 saturated heterocycles. The third-order valence-electron chi connectivity index (χ3n) is 2.95. The SMILES string of the molecule is COc1ccc([C@@H](C)NCC(=O)NCC(C)C)cc1Br. The second-order valence-electron chi connectivity index (χ2n) is 5.19. The van der Waals surface area contributed by atoms with Crippen LogP contribution in [0.1, 0.15) is 32.4 Å². The van der Waals surface area contributed by atoms with Crippen LogP contribution in [-0.2, 0) is 4.79 Å². The van der Waals surface area contributed by atoms with E-state index in [1.165, 1.54) is 0 Å². The molecule has 0 heterocycles. The average Bonchev–Trinajstić information content (AvgIpc) is 2.42. The van der Waals surface area contributed by atoms with E-state index in [9.17, 15) is 4.79 Å². The number of carbonyl (C=O) groups is 1. The molecule has 1 aromatic rings. The first-order valence-electron chi connectivity index (χ1n) is 6.77. The molecule has 0 spiro atoms. The molecule has 0 fully saturated rings. The monoisotopic (exact) mass is 342 g/mol. The van der Waals surface area contributed by atoms with Crippen LogP contribution in [0.3, 0.4) is 0 Å². The highest BCUT2D eigenvalue weighted by Crippen LogP contribution is 2.27. The topological polar surface area (TPSA) is 50.4 Å². The van der Waals surface area contributed by atoms with Gasteiger partial charge in [0.1, 0.15) is 5.75 Å². The van der Waals surface area contributed by atoms with E-state index >= 15 is 0 Å². The third-order valence-corrected chi connectivity index (χ3v) is 3.57. The van der Waals surface area contributed by atoms with Gasteiger partial charge in [-0.3, -0.25) is 4.79 Å². The zero-order chi connectivity index (χ0) is 15.1. The number of carbonyl (C=O) groups excluding carboxylic acids is 1. The first kappa shape index (κ1) is 17.0. The molecule has 0 unspecified atom stereocenters. The quantitative estimate of drug-likeness (QED) is 0.800. The molecule has 1 atom stereocenters. The highest BCUT2D eigenvalue weighted by molar-refractivity contribution is 9.10. The summed E-state index contributed by atoms with van der Waals surface area (Å²) in [5, 5.41) is 6.10. The maximum atomic E-state index is 11.6. The van der Waals surface area contributed by atoms with Crippen LogP contribution in [0, 0.1) is 5.92 Å². The molecule has 0 aliphatic heterocycles. The van der Waals surface area contributed by atoms with Crippen LogP contribution in [0.2, 0.25) is 0 Å². The predicted octanol–water partition coefficient (Wildman–Crippen LogP) is 2.88. The fourth-order valence-electron chi connectivity index (χ4n) is 1.70. The van der Waals surface area contributed by atoms with E-state index in [-0.39, 0.29) is 11.9 Å². The third kappa shape index (κ3) is 5.51. The van der Waals surface area contributed by atoms with Gasteiger partial charge in [-0.25, -0.2) is 0 Å². The summed E-state index contributed by atoms with van der Waals surface area (Å²) in [6.45, 7) is 7.21. The Morgan fingerprint density at radius 3 is 2.60 bits per heavy atom. The van der Waals surface area contributed by atoms with Gasteiger partial charge in [0, 0.05) is 12.6 Å². The summed E-state index contributed by atoms with van der Waals surface area (Å²) < 4.78 is 6.11. The fourth-order valence-corrected chi connectivity index (χ4v) is 2.25. The molecule has 112 valence electrons. The molecule has 1 aromatic carbocycles. The molecule has 4 nitrogen and oxygen atoms in total. The fraction of sp³-hybridized carbons (Fsp3) is 0.533. The number of hydrogen-bond donors (Lipinski definition) is 2. The Morgan fingerprint density at radius 2 is 2.05 bits per heavy atom. The smallest absolute Gasteiger partial charge is 0.233 e. The van der Waals surface area contributed by atoms with E-state index in [1.54, 1.807) is 7.11 Å². The van der Waals surface area contributed by atoms with E-state index in [4.69, 9.17) is 4.74 Å². The number of nitrogens with one attached hydrogen (secondary N) is 2. The molecular weight excluding hydrogens is 320 g/mol. The highest BCUT2D eigenvalue weighted by atomic mass is 79.9. The molecule has 20 heavy (non-hydrogen) atoms. The Bertz CT molecular complexity index is 449. The summed E-state index contributed by atoms with van der Waals surface area (Å²) in [5.74, 6) is 1.29. The van der Waals surface area contributed by atoms with Crippen molar-refractivity contribution in [3.8, 4) is 5.75 Å². The second-order valence-corrected chi connectivity index (χ2v) is 6.05. The van der Waals surface area contributed by atoms with Gasteiger partial charge < -0.3 is 15.4 Å². The zero-order valence-corrected chi connectivity index (χ0v) is 14.1. The molecule has 0 aliphatic carbocycles. The Labute approximate surface area is 129 Å². The lowest BCUT2D eigenvalue weighted by Gasteiger charge is -2.16. The number of rotatable bonds is 7. The van der Waals surface area contributed by atoms with Gasteiger partial charge in [-0.2, -0.15) is 0 Å². The predicted molar refractivity (Wildman–Crippen MR) is 85.0 cm³/mol. The van der Waals surface area contributed by atoms with Crippen molar-refractivity contribution in [3.05, 3.63) is 28.2 Å². The minimum Gasteiger partial charge on any atom is -0.496 e. The summed E-state index contributed by atoms with van der Waals surface area (Å²) in [6.07, 6.45) is 0. The van der Waals surface area contributed by atoms with Gasteiger partial charge in [0.15, 0.2) is 0 Å². The lowest BCUT2D eigenvalue weighted by atomic mass is 10.1. The minimum absolute atomic E-state index is 0.0260. The van der Waals surface area contributed by atoms with Crippen LogP contribution in [-0.4, -0.2) is 26.1 Å². The van der Waals surface area contributed by atoms with Crippen molar-refractivity contribution in [3.63, 3.8) is 0 Å². The van der Waals surface area contributed by atoms with Crippen molar-refractivity contribution in [1.29, 1.82) is 0 Å². The molecule has 5 heteroatoms. The summed E-state index contributed by atoms with van der Waals surface area (Å²) >= 11 is 3.46. The second kappa shape index (κ2) is 8.27. The summed E-state index contributed by atoms with van der Waals surface area (Å²) in [7, 11) is 1.64. The Morgan fingerprint density at radius 1 is 1.35 bits per heavy atom. The van der Waals surface area contributed by atoms with E-state index in [2.05, 4.69) is 40.4 Å². The van der Waals surface area contributed by atoms with Gasteiger partial charge in [-0.1, -0.05) is 19.9 Å². The molecule has 0 saturated carbocycles. The van der Waals surface area contributed by atoms with Gasteiger partial charge in [0.2, 0.25) is 5.91 Å². The van der Waals surface area contributed by atoms with Crippen molar-refractivity contribution in [2.45, 2.75) is 26.8 Å². The number of benzene rings is 1. The lowest BCUT2D eigenvalue weighted by Crippen LogP contribution is -2.36. The van der Waals surface area contributed by atoms with E-state index in [1.807, 2.05) is 25.1 Å². The summed E-state index contributed by atoms with van der Waals surface area (Å²) in [5.41, 5.74) is 1.11. The summed E-state index contributed by atoms with van der Waals surface area (Å²) in [6, 6.07) is 6.01. The molecule has 1 amide bonds. The van der Waals surface area contributed by atoms with E-state index in [0.717, 1.165) is 15.8 Å². The van der Waals surface area contributed by atoms with Gasteiger partial charge in [0.05, 0.1) is 18.1 Å². The van der Waals surface area contributed by atoms with Gasteiger partial charge in [-0.15, -0.1) is 0 Å². The molecule has 2 N–H and O–H groups in total. The highest BCUT2D eigenvalue weighted by Gasteiger charge is 2.10. The number of amides is 1. The molecule has 0 radical (unpaired) electrons. The van der Waals surface area contributed by atoms with E-state index < -0.39 is 0 Å². The van der Waals surface area contributed by atoms with Crippen molar-refractivity contribution >= 4 is 21.8 Å². The van der Waals surface area contributed by atoms with Crippen molar-refractivity contribution in [2.24, 2.45) is 5.92 Å². The summed E-state index contributed by atoms with van der Waals surface area (Å²) in [4.78, 5) is 11.6. The van der Waals surface area contributed by atoms with E-state index in [0.29, 0.717) is 19.0 Å².